The summed E-state index contributed by atoms with van der Waals surface area (Å²) in [6, 6.07) is 9.01. The van der Waals surface area contributed by atoms with Gasteiger partial charge in [-0.2, -0.15) is 0 Å². The van der Waals surface area contributed by atoms with E-state index < -0.39 is 0 Å². The van der Waals surface area contributed by atoms with Gasteiger partial charge in [0.15, 0.2) is 0 Å². The smallest absolute Gasteiger partial charge is 0.138 e. The van der Waals surface area contributed by atoms with Crippen LogP contribution in [0.15, 0.2) is 107 Å². The largest absolute Gasteiger partial charge is 0.497 e. The second kappa shape index (κ2) is 12.3. The summed E-state index contributed by atoms with van der Waals surface area (Å²) < 4.78 is 26.1. The van der Waals surface area contributed by atoms with Crippen molar-refractivity contribution in [1.82, 2.24) is 14.9 Å². The molecule has 0 spiro atoms. The van der Waals surface area contributed by atoms with Gasteiger partial charge in [0.05, 0.1) is 24.7 Å². The normalized spacial score (nSPS) is 25.2. The fraction of sp³-hybridized carbons (Fsp3) is 0.300. The molecular formula is C40H40FN5O2. The van der Waals surface area contributed by atoms with E-state index in [-0.39, 0.29) is 5.82 Å². The summed E-state index contributed by atoms with van der Waals surface area (Å²) in [7, 11) is 1.54. The minimum atomic E-state index is -0.359. The number of likely N-dealkylation sites (tertiary alicyclic amines) is 1. The third-order valence-corrected chi connectivity index (χ3v) is 10.3. The Balaban J connectivity index is 1.09. The number of benzene rings is 1. The highest BCUT2D eigenvalue weighted by Gasteiger charge is 2.71. The maximum Gasteiger partial charge on any atom is 0.138 e. The molecule has 0 amide bonds. The van der Waals surface area contributed by atoms with Crippen LogP contribution in [-0.2, 0) is 6.42 Å². The molecule has 244 valence electrons. The van der Waals surface area contributed by atoms with Gasteiger partial charge >= 0.3 is 0 Å². The van der Waals surface area contributed by atoms with E-state index in [0.717, 1.165) is 57.2 Å². The molecule has 8 heteroatoms. The van der Waals surface area contributed by atoms with E-state index in [9.17, 15) is 4.39 Å². The van der Waals surface area contributed by atoms with E-state index in [0.29, 0.717) is 42.2 Å². The predicted octanol–water partition coefficient (Wildman–Crippen LogP) is 7.01. The number of halogens is 1. The van der Waals surface area contributed by atoms with Crippen molar-refractivity contribution in [3.8, 4) is 11.5 Å². The van der Waals surface area contributed by atoms with Crippen LogP contribution >= 0.6 is 0 Å². The number of allylic oxidation sites excluding steroid dienone is 9. The summed E-state index contributed by atoms with van der Waals surface area (Å²) in [6.07, 6.45) is 16.8. The average molecular weight is 642 g/mol. The fourth-order valence-corrected chi connectivity index (χ4v) is 7.80. The van der Waals surface area contributed by atoms with Crippen molar-refractivity contribution < 1.29 is 13.9 Å². The number of nitrogens with one attached hydrogen (secondary N) is 1. The molecular weight excluding hydrogens is 601 g/mol. The first-order valence-electron chi connectivity index (χ1n) is 16.8. The summed E-state index contributed by atoms with van der Waals surface area (Å²) in [5.41, 5.74) is 18.6. The Morgan fingerprint density at radius 3 is 2.65 bits per heavy atom. The third-order valence-electron chi connectivity index (χ3n) is 10.3. The van der Waals surface area contributed by atoms with E-state index in [1.54, 1.807) is 13.3 Å². The Hall–Kier alpha value is -4.95. The van der Waals surface area contributed by atoms with Crippen LogP contribution in [0.3, 0.4) is 0 Å². The Morgan fingerprint density at radius 2 is 1.85 bits per heavy atom. The molecule has 3 fully saturated rings. The molecule has 4 aliphatic carbocycles. The molecule has 2 unspecified atom stereocenters. The topological polar surface area (TPSA) is 88.8 Å². The van der Waals surface area contributed by atoms with Crippen LogP contribution in [-0.4, -0.2) is 53.9 Å². The van der Waals surface area contributed by atoms with E-state index in [1.165, 1.54) is 54.8 Å². The Kier molecular flexibility index (Phi) is 7.76. The Morgan fingerprint density at radius 1 is 1.04 bits per heavy atom. The molecule has 1 aliphatic heterocycles. The number of aromatic amines is 1. The number of nitrogens with two attached hydrogens (primary N) is 1. The van der Waals surface area contributed by atoms with Crippen LogP contribution in [0.4, 0.5) is 4.39 Å². The zero-order valence-corrected chi connectivity index (χ0v) is 27.4. The van der Waals surface area contributed by atoms with Crippen LogP contribution in [0.5, 0.6) is 11.5 Å². The van der Waals surface area contributed by atoms with E-state index >= 15 is 0 Å². The van der Waals surface area contributed by atoms with Crippen molar-refractivity contribution in [2.45, 2.75) is 26.2 Å². The van der Waals surface area contributed by atoms with Crippen molar-refractivity contribution in [1.29, 1.82) is 0 Å². The van der Waals surface area contributed by atoms with E-state index in [2.05, 4.69) is 52.7 Å². The highest BCUT2D eigenvalue weighted by molar-refractivity contribution is 6.17. The van der Waals surface area contributed by atoms with E-state index in [1.807, 2.05) is 30.6 Å². The van der Waals surface area contributed by atoms with Gasteiger partial charge in [-0.1, -0.05) is 30.4 Å². The second-order valence-electron chi connectivity index (χ2n) is 13.3. The van der Waals surface area contributed by atoms with Gasteiger partial charge in [0.1, 0.15) is 23.9 Å². The number of hydrogen-bond donors (Lipinski definition) is 2. The molecule has 1 saturated heterocycles. The Bertz CT molecular complexity index is 1990. The number of fused-ring (bicyclic) bond motifs is 3. The number of hydrogen-bond acceptors (Lipinski definition) is 6. The van der Waals surface area contributed by atoms with Crippen molar-refractivity contribution in [3.05, 3.63) is 136 Å². The first-order chi connectivity index (χ1) is 23.4. The second-order valence-corrected chi connectivity index (χ2v) is 13.3. The SMILES string of the molecule is C=CN=C(C1=C2C3C(/C(c4cncc(OCCN5CCCC5)c4)=C\C=C/1C)[C@@H]23)c1cc2c([nH]1)CC(N)=CC=C2c1cc(F)cc(OC)c1. The number of H-pyrrole nitrogens is 1. The summed E-state index contributed by atoms with van der Waals surface area (Å²) in [6.45, 7) is 10.1. The molecule has 3 atom stereocenters. The van der Waals surface area contributed by atoms with Crippen LogP contribution in [0, 0.1) is 23.6 Å². The monoisotopic (exact) mass is 641 g/mol. The molecule has 2 aromatic heterocycles. The van der Waals surface area contributed by atoms with Crippen molar-refractivity contribution in [3.63, 3.8) is 0 Å². The summed E-state index contributed by atoms with van der Waals surface area (Å²) in [4.78, 5) is 15.5. The minimum absolute atomic E-state index is 0.359. The summed E-state index contributed by atoms with van der Waals surface area (Å²) in [5.74, 6) is 2.38. The van der Waals surface area contributed by atoms with Crippen LogP contribution in [0.25, 0.3) is 11.1 Å². The lowest BCUT2D eigenvalue weighted by Crippen LogP contribution is -2.25. The van der Waals surface area contributed by atoms with E-state index in [4.69, 9.17) is 20.2 Å². The first kappa shape index (κ1) is 30.4. The number of ether oxygens (including phenoxy) is 2. The lowest BCUT2D eigenvalue weighted by atomic mass is 9.86. The van der Waals surface area contributed by atoms with Crippen LogP contribution in [0.2, 0.25) is 0 Å². The summed E-state index contributed by atoms with van der Waals surface area (Å²) in [5, 5.41) is 0. The molecule has 0 radical (unpaired) electrons. The van der Waals surface area contributed by atoms with Crippen molar-refractivity contribution >= 4 is 16.9 Å². The third kappa shape index (κ3) is 5.54. The number of nitrogens with zero attached hydrogens (tertiary/aromatic N) is 3. The lowest BCUT2D eigenvalue weighted by molar-refractivity contribution is 0.237. The number of aromatic nitrogens is 2. The molecule has 2 saturated carbocycles. The zero-order chi connectivity index (χ0) is 32.9. The number of pyridine rings is 1. The van der Waals surface area contributed by atoms with Gasteiger partial charge in [0.25, 0.3) is 0 Å². The number of rotatable bonds is 10. The molecule has 3 aromatic rings. The highest BCUT2D eigenvalue weighted by atomic mass is 19.1. The standard InChI is InChI=1S/C40H40FN5O2/c1-4-44-40(34-20-32-30(10-8-27(42)19-33(32)45-34)24-15-26(41)18-28(16-24)47-3)35-23(2)7-9-31(36-38-37(35)39(36)38)25-17-29(22-43-21-25)48-14-13-46-11-5-6-12-46/h4,7-10,15-18,20-22,36,38-39,45H,1,5-6,11-14,19,42H2,2-3H3/b23-7-,31-9-,37-35?,44-40?/t36?,38-,39?/m0/s1. The summed E-state index contributed by atoms with van der Waals surface area (Å²) >= 11 is 0. The molecule has 3 N–H and O–H groups in total. The van der Waals surface area contributed by atoms with Crippen molar-refractivity contribution in [2.75, 3.05) is 33.4 Å². The molecule has 3 heterocycles. The van der Waals surface area contributed by atoms with Gasteiger partial charge < -0.3 is 20.2 Å². The fourth-order valence-electron chi connectivity index (χ4n) is 7.80. The lowest BCUT2D eigenvalue weighted by Gasteiger charge is -2.20. The number of methoxy groups -OCH3 is 1. The minimum Gasteiger partial charge on any atom is -0.497 e. The van der Waals surface area contributed by atoms with Crippen LogP contribution < -0.4 is 15.2 Å². The maximum atomic E-state index is 14.6. The Labute approximate surface area is 280 Å². The van der Waals surface area contributed by atoms with Gasteiger partial charge in [0, 0.05) is 54.0 Å². The van der Waals surface area contributed by atoms with Crippen molar-refractivity contribution in [2.24, 2.45) is 28.5 Å². The predicted molar refractivity (Wildman–Crippen MR) is 188 cm³/mol. The average Bonchev–Trinajstić information content (AvgIpc) is 3.85. The van der Waals surface area contributed by atoms with Crippen LogP contribution in [0.1, 0.15) is 47.8 Å². The van der Waals surface area contributed by atoms with Gasteiger partial charge in [0.2, 0.25) is 0 Å². The van der Waals surface area contributed by atoms with Gasteiger partial charge in [-0.15, -0.1) is 0 Å². The highest BCUT2D eigenvalue weighted by Crippen LogP contribution is 2.78. The quantitative estimate of drug-likeness (QED) is 0.233. The molecule has 0 bridgehead atoms. The molecule has 48 heavy (non-hydrogen) atoms. The molecule has 8 rings (SSSR count). The van der Waals surface area contributed by atoms with Gasteiger partial charge in [-0.05, 0) is 109 Å². The van der Waals surface area contributed by atoms with Gasteiger partial charge in [-0.25, -0.2) is 4.39 Å². The molecule has 1 aromatic carbocycles. The number of aliphatic imine (C=N–C) groups is 1. The maximum absolute atomic E-state index is 14.6. The zero-order valence-electron chi connectivity index (χ0n) is 27.4. The first-order valence-corrected chi connectivity index (χ1v) is 16.8. The van der Waals surface area contributed by atoms with Gasteiger partial charge in [-0.3, -0.25) is 14.9 Å². The molecule has 7 nitrogen and oxygen atoms in total. The molecule has 5 aliphatic rings.